The van der Waals surface area contributed by atoms with Crippen LogP contribution in [-0.4, -0.2) is 4.57 Å². The molecule has 0 bridgehead atoms. The summed E-state index contributed by atoms with van der Waals surface area (Å²) < 4.78 is 8.82. The van der Waals surface area contributed by atoms with Crippen molar-refractivity contribution in [2.45, 2.75) is 30.6 Å². The first kappa shape index (κ1) is 14.7. The molecule has 1 aliphatic heterocycles. The largest absolute Gasteiger partial charge is 0.470 e. The zero-order chi connectivity index (χ0) is 16.2. The second kappa shape index (κ2) is 4.81. The lowest BCUT2D eigenvalue weighted by Crippen LogP contribution is -2.40. The number of para-hydroxylation sites is 2. The van der Waals surface area contributed by atoms with Gasteiger partial charge in [-0.05, 0) is 18.2 Å². The third-order valence-corrected chi connectivity index (χ3v) is 6.36. The molecule has 23 heavy (non-hydrogen) atoms. The average Bonchev–Trinajstić information content (AvgIpc) is 3.06. The second-order valence-electron chi connectivity index (χ2n) is 7.19. The van der Waals surface area contributed by atoms with Gasteiger partial charge in [0.15, 0.2) is 4.93 Å². The van der Waals surface area contributed by atoms with Crippen LogP contribution in [0.4, 0.5) is 0 Å². The SMILES string of the molecule is Cn1cc(C2(C(C)(C)C)Oc3ccccc3S2)c2ccccc21. The Kier molecular flexibility index (Phi) is 3.08. The zero-order valence-corrected chi connectivity index (χ0v) is 14.8. The fourth-order valence-electron chi connectivity index (χ4n) is 3.37. The molecular formula is C20H21NOS. The van der Waals surface area contributed by atoms with Gasteiger partial charge in [0.05, 0.1) is 4.90 Å². The average molecular weight is 323 g/mol. The summed E-state index contributed by atoms with van der Waals surface area (Å²) in [6.45, 7) is 6.77. The molecule has 2 aromatic carbocycles. The van der Waals surface area contributed by atoms with Crippen molar-refractivity contribution < 1.29 is 4.74 Å². The van der Waals surface area contributed by atoms with Gasteiger partial charge in [0.1, 0.15) is 5.75 Å². The lowest BCUT2D eigenvalue weighted by molar-refractivity contribution is 0.0574. The van der Waals surface area contributed by atoms with E-state index in [2.05, 4.69) is 81.0 Å². The van der Waals surface area contributed by atoms with Gasteiger partial charge >= 0.3 is 0 Å². The number of aryl methyl sites for hydroxylation is 1. The lowest BCUT2D eigenvalue weighted by atomic mass is 9.83. The third-order valence-electron chi connectivity index (χ3n) is 4.60. The van der Waals surface area contributed by atoms with Crippen molar-refractivity contribution in [2.75, 3.05) is 0 Å². The molecule has 2 heterocycles. The Hall–Kier alpha value is -1.87. The number of nitrogens with zero attached hydrogens (tertiary/aromatic N) is 1. The molecule has 3 aromatic rings. The Morgan fingerprint density at radius 3 is 2.43 bits per heavy atom. The highest BCUT2D eigenvalue weighted by Crippen LogP contribution is 2.61. The molecule has 0 N–H and O–H groups in total. The van der Waals surface area contributed by atoms with Crippen LogP contribution in [0.3, 0.4) is 0 Å². The quantitative estimate of drug-likeness (QED) is 0.582. The Bertz CT molecular complexity index is 863. The van der Waals surface area contributed by atoms with E-state index < -0.39 is 4.93 Å². The smallest absolute Gasteiger partial charge is 0.191 e. The van der Waals surface area contributed by atoms with E-state index in [0.29, 0.717) is 0 Å². The molecular weight excluding hydrogens is 302 g/mol. The van der Waals surface area contributed by atoms with Gasteiger partial charge in [0.2, 0.25) is 0 Å². The first-order chi connectivity index (χ1) is 10.9. The predicted molar refractivity (Wildman–Crippen MR) is 97.0 cm³/mol. The number of rotatable bonds is 1. The molecule has 4 rings (SSSR count). The Morgan fingerprint density at radius 2 is 1.70 bits per heavy atom. The molecule has 1 atom stereocenters. The van der Waals surface area contributed by atoms with Crippen LogP contribution in [0.15, 0.2) is 59.6 Å². The molecule has 0 saturated carbocycles. The van der Waals surface area contributed by atoms with Gasteiger partial charge in [-0.3, -0.25) is 0 Å². The van der Waals surface area contributed by atoms with Crippen LogP contribution in [0.1, 0.15) is 26.3 Å². The van der Waals surface area contributed by atoms with Crippen molar-refractivity contribution in [3.05, 3.63) is 60.3 Å². The molecule has 0 saturated heterocycles. The summed E-state index contributed by atoms with van der Waals surface area (Å²) in [4.78, 5) is 0.799. The zero-order valence-electron chi connectivity index (χ0n) is 14.0. The van der Waals surface area contributed by atoms with Crippen molar-refractivity contribution in [1.29, 1.82) is 0 Å². The number of benzene rings is 2. The minimum Gasteiger partial charge on any atom is -0.470 e. The maximum Gasteiger partial charge on any atom is 0.191 e. The van der Waals surface area contributed by atoms with E-state index in [-0.39, 0.29) is 5.41 Å². The molecule has 0 aliphatic carbocycles. The van der Waals surface area contributed by atoms with Crippen molar-refractivity contribution in [1.82, 2.24) is 4.57 Å². The minimum atomic E-state index is -0.419. The number of thioether (sulfide) groups is 1. The summed E-state index contributed by atoms with van der Waals surface area (Å²) in [7, 11) is 2.11. The van der Waals surface area contributed by atoms with E-state index in [1.165, 1.54) is 21.4 Å². The van der Waals surface area contributed by atoms with Crippen molar-refractivity contribution >= 4 is 22.7 Å². The Balaban J connectivity index is 1.98. The van der Waals surface area contributed by atoms with Crippen LogP contribution in [0.2, 0.25) is 0 Å². The van der Waals surface area contributed by atoms with Crippen LogP contribution in [-0.2, 0) is 12.0 Å². The molecule has 0 radical (unpaired) electrons. The predicted octanol–water partition coefficient (Wildman–Crippen LogP) is 5.56. The number of ether oxygens (including phenoxy) is 1. The van der Waals surface area contributed by atoms with Gasteiger partial charge < -0.3 is 9.30 Å². The first-order valence-corrected chi connectivity index (χ1v) is 8.76. The van der Waals surface area contributed by atoms with Crippen molar-refractivity contribution in [3.8, 4) is 5.75 Å². The number of hydrogen-bond donors (Lipinski definition) is 0. The Morgan fingerprint density at radius 1 is 1.00 bits per heavy atom. The lowest BCUT2D eigenvalue weighted by Gasteiger charge is -2.39. The van der Waals surface area contributed by atoms with Crippen LogP contribution < -0.4 is 4.74 Å². The maximum atomic E-state index is 6.62. The van der Waals surface area contributed by atoms with Gasteiger partial charge in [-0.1, -0.05) is 62.9 Å². The summed E-state index contributed by atoms with van der Waals surface area (Å²) in [5, 5.41) is 1.27. The summed E-state index contributed by atoms with van der Waals surface area (Å²) in [5.74, 6) is 0.986. The van der Waals surface area contributed by atoms with E-state index >= 15 is 0 Å². The highest BCUT2D eigenvalue weighted by atomic mass is 32.2. The summed E-state index contributed by atoms with van der Waals surface area (Å²) >= 11 is 1.84. The second-order valence-corrected chi connectivity index (χ2v) is 8.41. The molecule has 0 amide bonds. The molecule has 1 unspecified atom stereocenters. The molecule has 118 valence electrons. The van der Waals surface area contributed by atoms with E-state index in [9.17, 15) is 0 Å². The van der Waals surface area contributed by atoms with Gasteiger partial charge in [0.25, 0.3) is 0 Å². The van der Waals surface area contributed by atoms with E-state index in [1.807, 2.05) is 17.8 Å². The number of aromatic nitrogens is 1. The van der Waals surface area contributed by atoms with E-state index in [4.69, 9.17) is 4.74 Å². The normalized spacial score (nSPS) is 20.5. The van der Waals surface area contributed by atoms with Crippen molar-refractivity contribution in [2.24, 2.45) is 12.5 Å². The molecule has 0 fully saturated rings. The third kappa shape index (κ3) is 2.03. The minimum absolute atomic E-state index is 0.0548. The monoisotopic (exact) mass is 323 g/mol. The Labute approximate surface area is 141 Å². The number of fused-ring (bicyclic) bond motifs is 2. The van der Waals surface area contributed by atoms with Crippen LogP contribution in [0.25, 0.3) is 10.9 Å². The summed E-state index contributed by atoms with van der Waals surface area (Å²) in [6.07, 6.45) is 2.23. The standard InChI is InChI=1S/C20H21NOS/c1-19(2,3)20(22-17-11-7-8-12-18(17)23-20)15-13-21(4)16-10-6-5-9-14(15)16/h5-13H,1-4H3. The van der Waals surface area contributed by atoms with Gasteiger partial charge in [-0.2, -0.15) is 0 Å². The van der Waals surface area contributed by atoms with Crippen LogP contribution in [0, 0.1) is 5.41 Å². The first-order valence-electron chi connectivity index (χ1n) is 7.94. The van der Waals surface area contributed by atoms with E-state index in [1.54, 1.807) is 0 Å². The van der Waals surface area contributed by atoms with Gasteiger partial charge in [-0.15, -0.1) is 0 Å². The molecule has 0 spiro atoms. The summed E-state index contributed by atoms with van der Waals surface area (Å²) in [5.41, 5.74) is 2.44. The fourth-order valence-corrected chi connectivity index (χ4v) is 4.75. The van der Waals surface area contributed by atoms with Crippen LogP contribution >= 0.6 is 11.8 Å². The topological polar surface area (TPSA) is 14.2 Å². The molecule has 1 aliphatic rings. The molecule has 1 aromatic heterocycles. The summed E-state index contributed by atoms with van der Waals surface area (Å²) in [6, 6.07) is 16.9. The fraction of sp³-hybridized carbons (Fsp3) is 0.300. The van der Waals surface area contributed by atoms with Crippen LogP contribution in [0.5, 0.6) is 5.75 Å². The van der Waals surface area contributed by atoms with E-state index in [0.717, 1.165) is 5.75 Å². The molecule has 2 nitrogen and oxygen atoms in total. The van der Waals surface area contributed by atoms with Crippen molar-refractivity contribution in [3.63, 3.8) is 0 Å². The highest BCUT2D eigenvalue weighted by molar-refractivity contribution is 8.00. The van der Waals surface area contributed by atoms with Gasteiger partial charge in [-0.25, -0.2) is 0 Å². The number of hydrogen-bond acceptors (Lipinski definition) is 2. The highest BCUT2D eigenvalue weighted by Gasteiger charge is 2.52. The maximum absolute atomic E-state index is 6.62. The molecule has 3 heteroatoms. The van der Waals surface area contributed by atoms with Gasteiger partial charge in [0, 0.05) is 35.1 Å².